The number of carbonyl (C=O) groups is 1. The van der Waals surface area contributed by atoms with Crippen LogP contribution in [0.4, 0.5) is 0 Å². The summed E-state index contributed by atoms with van der Waals surface area (Å²) in [4.78, 5) is 12.2. The molecule has 0 aliphatic carbocycles. The number of ether oxygens (including phenoxy) is 1. The number of amides is 1. The number of aromatic nitrogens is 4. The number of nitrogens with zero attached hydrogens (tertiary/aromatic N) is 4. The highest BCUT2D eigenvalue weighted by Crippen LogP contribution is 2.18. The van der Waals surface area contributed by atoms with E-state index >= 15 is 0 Å². The van der Waals surface area contributed by atoms with Crippen molar-refractivity contribution >= 4 is 21.8 Å². The van der Waals surface area contributed by atoms with E-state index < -0.39 is 0 Å². The van der Waals surface area contributed by atoms with E-state index in [1.165, 1.54) is 5.56 Å². The van der Waals surface area contributed by atoms with Crippen molar-refractivity contribution < 1.29 is 9.53 Å². The van der Waals surface area contributed by atoms with Crippen molar-refractivity contribution in [2.75, 3.05) is 6.61 Å². The molecule has 0 bridgehead atoms. The van der Waals surface area contributed by atoms with Crippen molar-refractivity contribution in [2.24, 2.45) is 0 Å². The Labute approximate surface area is 165 Å². The molecule has 0 fully saturated rings. The molecule has 3 rings (SSSR count). The number of carbonyl (C=O) groups excluding carboxylic acids is 1. The van der Waals surface area contributed by atoms with Crippen LogP contribution in [0.5, 0.6) is 5.75 Å². The maximum atomic E-state index is 12.2. The van der Waals surface area contributed by atoms with Gasteiger partial charge in [-0.05, 0) is 59.7 Å². The van der Waals surface area contributed by atoms with Crippen LogP contribution in [0.15, 0.2) is 53.0 Å². The fraction of sp³-hybridized carbons (Fsp3) is 0.263. The summed E-state index contributed by atoms with van der Waals surface area (Å²) in [5.41, 5.74) is 2.03. The first-order valence-electron chi connectivity index (χ1n) is 8.62. The summed E-state index contributed by atoms with van der Waals surface area (Å²) in [5.74, 6) is 0.952. The number of rotatable bonds is 7. The third-order valence-electron chi connectivity index (χ3n) is 4.01. The van der Waals surface area contributed by atoms with Gasteiger partial charge in [-0.2, -0.15) is 4.68 Å². The number of hydrogen-bond acceptors (Lipinski definition) is 5. The standard InChI is InChI=1S/C19H20BrN5O2/c1-3-14-7-9-17(10-8-14)27-12-18(26)21-13(2)19-22-23-24-25(19)16-6-4-5-15(20)11-16/h4-11,13H,3,12H2,1-2H3,(H,21,26). The second-order valence-corrected chi connectivity index (χ2v) is 6.92. The molecule has 3 aromatic rings. The van der Waals surface area contributed by atoms with Gasteiger partial charge in [0, 0.05) is 4.47 Å². The average molecular weight is 430 g/mol. The predicted molar refractivity (Wildman–Crippen MR) is 105 cm³/mol. The molecule has 1 heterocycles. The first-order chi connectivity index (χ1) is 13.1. The first-order valence-corrected chi connectivity index (χ1v) is 9.41. The normalized spacial score (nSPS) is 11.8. The van der Waals surface area contributed by atoms with Crippen molar-refractivity contribution in [1.82, 2.24) is 25.5 Å². The Morgan fingerprint density at radius 2 is 2.04 bits per heavy atom. The highest BCUT2D eigenvalue weighted by atomic mass is 79.9. The molecule has 0 spiro atoms. The van der Waals surface area contributed by atoms with Gasteiger partial charge in [0.25, 0.3) is 5.91 Å². The maximum absolute atomic E-state index is 12.2. The monoisotopic (exact) mass is 429 g/mol. The van der Waals surface area contributed by atoms with E-state index in [-0.39, 0.29) is 18.6 Å². The van der Waals surface area contributed by atoms with E-state index in [1.807, 2.05) is 55.5 Å². The minimum Gasteiger partial charge on any atom is -0.484 e. The summed E-state index contributed by atoms with van der Waals surface area (Å²) in [5, 5.41) is 14.7. The van der Waals surface area contributed by atoms with Crippen molar-refractivity contribution in [1.29, 1.82) is 0 Å². The maximum Gasteiger partial charge on any atom is 0.258 e. The lowest BCUT2D eigenvalue weighted by atomic mass is 10.2. The molecular formula is C19H20BrN5O2. The molecule has 1 N–H and O–H groups in total. The molecule has 1 atom stereocenters. The number of benzene rings is 2. The third kappa shape index (κ3) is 4.91. The van der Waals surface area contributed by atoms with Gasteiger partial charge in [-0.3, -0.25) is 4.79 Å². The Balaban J connectivity index is 1.61. The highest BCUT2D eigenvalue weighted by Gasteiger charge is 2.18. The van der Waals surface area contributed by atoms with Gasteiger partial charge in [0.15, 0.2) is 12.4 Å². The van der Waals surface area contributed by atoms with E-state index in [0.717, 1.165) is 16.6 Å². The third-order valence-corrected chi connectivity index (χ3v) is 4.51. The van der Waals surface area contributed by atoms with Gasteiger partial charge in [-0.25, -0.2) is 0 Å². The van der Waals surface area contributed by atoms with Gasteiger partial charge in [0.1, 0.15) is 5.75 Å². The Morgan fingerprint density at radius 1 is 1.26 bits per heavy atom. The minimum atomic E-state index is -0.377. The second kappa shape index (κ2) is 8.77. The fourth-order valence-electron chi connectivity index (χ4n) is 2.57. The topological polar surface area (TPSA) is 81.9 Å². The summed E-state index contributed by atoms with van der Waals surface area (Å²) in [6.45, 7) is 3.84. The van der Waals surface area contributed by atoms with Crippen molar-refractivity contribution in [3.63, 3.8) is 0 Å². The molecule has 1 aromatic heterocycles. The SMILES string of the molecule is CCc1ccc(OCC(=O)NC(C)c2nnnn2-c2cccc(Br)c2)cc1. The summed E-state index contributed by atoms with van der Waals surface area (Å²) in [6, 6.07) is 14.9. The molecule has 0 saturated carbocycles. The predicted octanol–water partition coefficient (Wildman–Crippen LogP) is 3.24. The summed E-state index contributed by atoms with van der Waals surface area (Å²) >= 11 is 3.43. The largest absolute Gasteiger partial charge is 0.484 e. The molecule has 0 aliphatic rings. The fourth-order valence-corrected chi connectivity index (χ4v) is 2.96. The van der Waals surface area contributed by atoms with E-state index in [2.05, 4.69) is 43.7 Å². The van der Waals surface area contributed by atoms with E-state index in [9.17, 15) is 4.79 Å². The summed E-state index contributed by atoms with van der Waals surface area (Å²) in [7, 11) is 0. The quantitative estimate of drug-likeness (QED) is 0.623. The Bertz CT molecular complexity index is 910. The van der Waals surface area contributed by atoms with E-state index in [0.29, 0.717) is 11.6 Å². The van der Waals surface area contributed by atoms with Gasteiger partial charge in [0.2, 0.25) is 0 Å². The zero-order chi connectivity index (χ0) is 19.2. The molecule has 27 heavy (non-hydrogen) atoms. The van der Waals surface area contributed by atoms with Crippen LogP contribution in [-0.4, -0.2) is 32.7 Å². The Hall–Kier alpha value is -2.74. The molecule has 7 nitrogen and oxygen atoms in total. The Kier molecular flexibility index (Phi) is 6.18. The van der Waals surface area contributed by atoms with Crippen molar-refractivity contribution in [2.45, 2.75) is 26.3 Å². The zero-order valence-corrected chi connectivity index (χ0v) is 16.7. The van der Waals surface area contributed by atoms with Crippen LogP contribution in [0, 0.1) is 0 Å². The number of tetrazole rings is 1. The van der Waals surface area contributed by atoms with E-state index in [4.69, 9.17) is 4.74 Å². The zero-order valence-electron chi connectivity index (χ0n) is 15.1. The molecule has 1 unspecified atom stereocenters. The van der Waals surface area contributed by atoms with Crippen LogP contribution >= 0.6 is 15.9 Å². The lowest BCUT2D eigenvalue weighted by Crippen LogP contribution is -2.32. The lowest BCUT2D eigenvalue weighted by molar-refractivity contribution is -0.123. The van der Waals surface area contributed by atoms with Crippen LogP contribution in [0.1, 0.15) is 31.3 Å². The van der Waals surface area contributed by atoms with Crippen LogP contribution < -0.4 is 10.1 Å². The molecule has 1 amide bonds. The van der Waals surface area contributed by atoms with Crippen LogP contribution in [0.3, 0.4) is 0 Å². The molecule has 8 heteroatoms. The highest BCUT2D eigenvalue weighted by molar-refractivity contribution is 9.10. The number of nitrogens with one attached hydrogen (secondary N) is 1. The van der Waals surface area contributed by atoms with Crippen molar-refractivity contribution in [3.05, 3.63) is 64.4 Å². The smallest absolute Gasteiger partial charge is 0.258 e. The van der Waals surface area contributed by atoms with Crippen LogP contribution in [-0.2, 0) is 11.2 Å². The average Bonchev–Trinajstić information content (AvgIpc) is 3.17. The summed E-state index contributed by atoms with van der Waals surface area (Å²) in [6.07, 6.45) is 0.963. The molecule has 0 radical (unpaired) electrons. The Morgan fingerprint density at radius 3 is 2.74 bits per heavy atom. The molecule has 140 valence electrons. The number of aryl methyl sites for hydroxylation is 1. The van der Waals surface area contributed by atoms with Gasteiger partial charge < -0.3 is 10.1 Å². The second-order valence-electron chi connectivity index (χ2n) is 6.00. The lowest BCUT2D eigenvalue weighted by Gasteiger charge is -2.14. The molecular weight excluding hydrogens is 410 g/mol. The molecule has 2 aromatic carbocycles. The summed E-state index contributed by atoms with van der Waals surface area (Å²) < 4.78 is 8.05. The van der Waals surface area contributed by atoms with E-state index in [1.54, 1.807) is 4.68 Å². The number of hydrogen-bond donors (Lipinski definition) is 1. The minimum absolute atomic E-state index is 0.0751. The van der Waals surface area contributed by atoms with Gasteiger partial charge in [0.05, 0.1) is 11.7 Å². The molecule has 0 saturated heterocycles. The molecule has 0 aliphatic heterocycles. The van der Waals surface area contributed by atoms with Gasteiger partial charge >= 0.3 is 0 Å². The van der Waals surface area contributed by atoms with Crippen LogP contribution in [0.25, 0.3) is 5.69 Å². The first kappa shape index (κ1) is 19.0. The van der Waals surface area contributed by atoms with Crippen molar-refractivity contribution in [3.8, 4) is 11.4 Å². The van der Waals surface area contributed by atoms with Crippen LogP contribution in [0.2, 0.25) is 0 Å². The van der Waals surface area contributed by atoms with Gasteiger partial charge in [-0.15, -0.1) is 5.10 Å². The van der Waals surface area contributed by atoms with Gasteiger partial charge in [-0.1, -0.05) is 41.1 Å². The number of halogens is 1.